The summed E-state index contributed by atoms with van der Waals surface area (Å²) in [6, 6.07) is 0. The van der Waals surface area contributed by atoms with E-state index in [1.54, 1.807) is 0 Å². The molecule has 0 aromatic heterocycles. The molecule has 0 aromatic carbocycles. The van der Waals surface area contributed by atoms with Crippen LogP contribution in [-0.4, -0.2) is 55.1 Å². The summed E-state index contributed by atoms with van der Waals surface area (Å²) in [6.07, 6.45) is -1.44. The molecule has 0 radical (unpaired) electrons. The molecule has 0 aromatic rings. The maximum Gasteiger partial charge on any atom is 0.402 e. The summed E-state index contributed by atoms with van der Waals surface area (Å²) in [4.78, 5) is 23.4. The highest BCUT2D eigenvalue weighted by Crippen LogP contribution is 2.50. The molecule has 5 unspecified atom stereocenters. The Labute approximate surface area is 117 Å². The van der Waals surface area contributed by atoms with Crippen molar-refractivity contribution < 1.29 is 45.6 Å². The monoisotopic (exact) mass is 328 g/mol. The average Bonchev–Trinajstić information content (AvgIpc) is 2.95. The number of hydrogen-bond donors (Lipinski definition) is 1. The number of alkyl halides is 2. The standard InChI is InChI=1S/C10H10F2O8S/c11-10(12,21(15,16)17)2-18-8(13)5-3-1-4-7(19-3)6(5)9(14)20-4/h3-7H,1-2H2,(H,15,16,17). The molecule has 3 heterocycles. The maximum absolute atomic E-state index is 13.0. The molecule has 1 N–H and O–H groups in total. The Morgan fingerprint density at radius 3 is 2.71 bits per heavy atom. The lowest BCUT2D eigenvalue weighted by molar-refractivity contribution is -0.160. The molecule has 0 saturated carbocycles. The minimum atomic E-state index is -5.69. The van der Waals surface area contributed by atoms with Crippen molar-refractivity contribution >= 4 is 22.1 Å². The van der Waals surface area contributed by atoms with Crippen LogP contribution in [-0.2, 0) is 33.9 Å². The SMILES string of the molecule is O=C(OCC(F)(F)S(=O)(=O)O)C1C2CC3OC(=O)C1C3O2. The van der Waals surface area contributed by atoms with Crippen LogP contribution in [0.4, 0.5) is 8.78 Å². The number of rotatable bonds is 4. The van der Waals surface area contributed by atoms with Crippen molar-refractivity contribution in [3.63, 3.8) is 0 Å². The van der Waals surface area contributed by atoms with Gasteiger partial charge in [-0.15, -0.1) is 0 Å². The number of hydrogen-bond acceptors (Lipinski definition) is 7. The van der Waals surface area contributed by atoms with E-state index in [1.165, 1.54) is 0 Å². The van der Waals surface area contributed by atoms with E-state index in [9.17, 15) is 26.8 Å². The Kier molecular flexibility index (Phi) is 3.01. The van der Waals surface area contributed by atoms with Crippen molar-refractivity contribution in [1.82, 2.24) is 0 Å². The van der Waals surface area contributed by atoms with Gasteiger partial charge in [0.15, 0.2) is 6.61 Å². The first-order valence-electron chi connectivity index (χ1n) is 5.99. The van der Waals surface area contributed by atoms with Crippen LogP contribution in [0.1, 0.15) is 6.42 Å². The van der Waals surface area contributed by atoms with Crippen LogP contribution in [0.15, 0.2) is 0 Å². The molecule has 0 aliphatic carbocycles. The van der Waals surface area contributed by atoms with Crippen LogP contribution in [0.25, 0.3) is 0 Å². The van der Waals surface area contributed by atoms with E-state index in [2.05, 4.69) is 4.74 Å². The predicted octanol–water partition coefficient (Wildman–Crippen LogP) is -0.661. The highest BCUT2D eigenvalue weighted by Gasteiger charge is 2.66. The van der Waals surface area contributed by atoms with E-state index >= 15 is 0 Å². The zero-order valence-electron chi connectivity index (χ0n) is 10.3. The third-order valence-corrected chi connectivity index (χ3v) is 4.75. The first-order valence-corrected chi connectivity index (χ1v) is 7.43. The van der Waals surface area contributed by atoms with E-state index < -0.39 is 64.1 Å². The minimum Gasteiger partial charge on any atom is -0.459 e. The van der Waals surface area contributed by atoms with Gasteiger partial charge in [0.05, 0.1) is 12.0 Å². The quantitative estimate of drug-likeness (QED) is 0.534. The van der Waals surface area contributed by atoms with Gasteiger partial charge in [-0.25, -0.2) is 0 Å². The minimum absolute atomic E-state index is 0.265. The first-order chi connectivity index (χ1) is 9.62. The molecule has 118 valence electrons. The van der Waals surface area contributed by atoms with Gasteiger partial charge in [-0.2, -0.15) is 17.2 Å². The summed E-state index contributed by atoms with van der Waals surface area (Å²) in [5.41, 5.74) is 0. The number of fused-ring (bicyclic) bond motifs is 1. The van der Waals surface area contributed by atoms with Gasteiger partial charge in [-0.05, 0) is 0 Å². The molecule has 0 amide bonds. The normalized spacial score (nSPS) is 37.7. The molecular formula is C10H10F2O8S. The van der Waals surface area contributed by atoms with Crippen molar-refractivity contribution in [3.8, 4) is 0 Å². The number of esters is 2. The second kappa shape index (κ2) is 4.34. The number of ether oxygens (including phenoxy) is 3. The maximum atomic E-state index is 13.0. The fourth-order valence-corrected chi connectivity index (χ4v) is 3.15. The average molecular weight is 328 g/mol. The van der Waals surface area contributed by atoms with Crippen LogP contribution in [0.2, 0.25) is 0 Å². The summed E-state index contributed by atoms with van der Waals surface area (Å²) in [7, 11) is -5.69. The zero-order chi connectivity index (χ0) is 15.6. The van der Waals surface area contributed by atoms with E-state index in [-0.39, 0.29) is 6.42 Å². The van der Waals surface area contributed by atoms with Gasteiger partial charge in [0.1, 0.15) is 18.1 Å². The summed E-state index contributed by atoms with van der Waals surface area (Å²) in [5, 5.41) is -4.61. The van der Waals surface area contributed by atoms with Crippen molar-refractivity contribution in [2.24, 2.45) is 11.8 Å². The first kappa shape index (κ1) is 14.6. The summed E-state index contributed by atoms with van der Waals surface area (Å²) < 4.78 is 69.7. The smallest absolute Gasteiger partial charge is 0.402 e. The Hall–Kier alpha value is -1.33. The highest BCUT2D eigenvalue weighted by molar-refractivity contribution is 7.86. The fourth-order valence-electron chi connectivity index (χ4n) is 2.94. The van der Waals surface area contributed by atoms with Crippen LogP contribution in [0, 0.1) is 11.8 Å². The Morgan fingerprint density at radius 2 is 2.10 bits per heavy atom. The van der Waals surface area contributed by atoms with Gasteiger partial charge in [0.2, 0.25) is 0 Å². The molecule has 5 atom stereocenters. The van der Waals surface area contributed by atoms with Gasteiger partial charge >= 0.3 is 27.3 Å². The van der Waals surface area contributed by atoms with E-state index in [1.807, 2.05) is 0 Å². The van der Waals surface area contributed by atoms with Gasteiger partial charge < -0.3 is 14.2 Å². The number of carbonyl (C=O) groups excluding carboxylic acids is 2. The van der Waals surface area contributed by atoms with Crippen LogP contribution in [0.5, 0.6) is 0 Å². The van der Waals surface area contributed by atoms with Crippen molar-refractivity contribution in [2.75, 3.05) is 6.61 Å². The predicted molar refractivity (Wildman–Crippen MR) is 57.6 cm³/mol. The molecule has 21 heavy (non-hydrogen) atoms. The molecule has 11 heteroatoms. The van der Waals surface area contributed by atoms with Gasteiger partial charge in [-0.3, -0.25) is 14.1 Å². The lowest BCUT2D eigenvalue weighted by Gasteiger charge is -2.20. The summed E-state index contributed by atoms with van der Waals surface area (Å²) >= 11 is 0. The molecule has 3 fully saturated rings. The molecule has 3 saturated heterocycles. The highest BCUT2D eigenvalue weighted by atomic mass is 32.2. The lowest BCUT2D eigenvalue weighted by atomic mass is 9.80. The molecule has 3 rings (SSSR count). The van der Waals surface area contributed by atoms with Crippen LogP contribution < -0.4 is 0 Å². The topological polar surface area (TPSA) is 116 Å². The Morgan fingerprint density at radius 1 is 1.43 bits per heavy atom. The molecular weight excluding hydrogens is 318 g/mol. The fraction of sp³-hybridized carbons (Fsp3) is 0.800. The van der Waals surface area contributed by atoms with Crippen molar-refractivity contribution in [2.45, 2.75) is 30.0 Å². The third-order valence-electron chi connectivity index (χ3n) is 3.88. The van der Waals surface area contributed by atoms with Gasteiger partial charge in [-0.1, -0.05) is 0 Å². The number of carbonyl (C=O) groups is 2. The largest absolute Gasteiger partial charge is 0.459 e. The summed E-state index contributed by atoms with van der Waals surface area (Å²) in [5.74, 6) is -3.85. The van der Waals surface area contributed by atoms with E-state index in [4.69, 9.17) is 14.0 Å². The summed E-state index contributed by atoms with van der Waals surface area (Å²) in [6.45, 7) is -1.83. The Balaban J connectivity index is 1.69. The molecule has 3 aliphatic heterocycles. The molecule has 0 spiro atoms. The lowest BCUT2D eigenvalue weighted by Crippen LogP contribution is -2.40. The molecule has 3 aliphatic rings. The molecule has 8 nitrogen and oxygen atoms in total. The van der Waals surface area contributed by atoms with Crippen molar-refractivity contribution in [1.29, 1.82) is 0 Å². The second-order valence-electron chi connectivity index (χ2n) is 5.12. The van der Waals surface area contributed by atoms with Gasteiger partial charge in [0.25, 0.3) is 0 Å². The molecule has 2 bridgehead atoms. The van der Waals surface area contributed by atoms with Gasteiger partial charge in [0, 0.05) is 6.42 Å². The zero-order valence-corrected chi connectivity index (χ0v) is 11.1. The second-order valence-corrected chi connectivity index (χ2v) is 6.67. The third kappa shape index (κ3) is 2.10. The van der Waals surface area contributed by atoms with Crippen LogP contribution in [0.3, 0.4) is 0 Å². The van der Waals surface area contributed by atoms with Crippen molar-refractivity contribution in [3.05, 3.63) is 0 Å². The van der Waals surface area contributed by atoms with E-state index in [0.717, 1.165) is 0 Å². The number of halogens is 2. The van der Waals surface area contributed by atoms with Crippen LogP contribution >= 0.6 is 0 Å². The Bertz CT molecular complexity index is 600. The van der Waals surface area contributed by atoms with E-state index in [0.29, 0.717) is 0 Å².